The molecule has 1 fully saturated rings. The predicted octanol–water partition coefficient (Wildman–Crippen LogP) is 5.47. The van der Waals surface area contributed by atoms with Gasteiger partial charge in [-0.05, 0) is 36.0 Å². The third kappa shape index (κ3) is 2.66. The Morgan fingerprint density at radius 2 is 2.00 bits per heavy atom. The van der Waals surface area contributed by atoms with E-state index in [0.29, 0.717) is 10.8 Å². The molecule has 0 aromatic heterocycles. The number of rotatable bonds is 6. The third-order valence-corrected chi connectivity index (χ3v) is 7.54. The largest absolute Gasteiger partial charge is 0.0861 e. The first kappa shape index (κ1) is 14.5. The Morgan fingerprint density at radius 3 is 2.33 bits per heavy atom. The van der Waals surface area contributed by atoms with Crippen LogP contribution in [0.5, 0.6) is 0 Å². The molecule has 2 unspecified atom stereocenters. The maximum atomic E-state index is 2.60. The average Bonchev–Trinajstić information content (AvgIpc) is 2.17. The summed E-state index contributed by atoms with van der Waals surface area (Å²) in [5, 5.41) is 0. The molecule has 1 rings (SSSR count). The molecule has 0 spiro atoms. The fourth-order valence-electron chi connectivity index (χ4n) is 3.11. The quantitative estimate of drug-likeness (QED) is 0.385. The lowest BCUT2D eigenvalue weighted by atomic mass is 9.48. The van der Waals surface area contributed by atoms with E-state index in [4.69, 9.17) is 0 Å². The molecule has 0 radical (unpaired) electrons. The minimum Gasteiger partial charge on any atom is -0.0861 e. The summed E-state index contributed by atoms with van der Waals surface area (Å²) in [7, 11) is 0. The van der Waals surface area contributed by atoms with Crippen molar-refractivity contribution in [2.75, 3.05) is 8.86 Å². The molecule has 0 N–H and O–H groups in total. The number of hydrogen-bond acceptors (Lipinski definition) is 0. The van der Waals surface area contributed by atoms with Crippen molar-refractivity contribution in [1.29, 1.82) is 0 Å². The first-order chi connectivity index (χ1) is 7.04. The molecule has 0 saturated heterocycles. The van der Waals surface area contributed by atoms with Crippen LogP contribution in [-0.2, 0) is 0 Å². The van der Waals surface area contributed by atoms with Crippen molar-refractivity contribution >= 4 is 45.2 Å². The molecule has 0 bridgehead atoms. The summed E-state index contributed by atoms with van der Waals surface area (Å²) in [6.45, 7) is 7.31. The van der Waals surface area contributed by atoms with E-state index in [2.05, 4.69) is 66.0 Å². The second-order valence-corrected chi connectivity index (χ2v) is 7.31. The molecular weight excluding hydrogens is 410 g/mol. The fourth-order valence-corrected chi connectivity index (χ4v) is 5.15. The van der Waals surface area contributed by atoms with Crippen molar-refractivity contribution < 1.29 is 0 Å². The molecule has 0 aromatic carbocycles. The molecule has 0 aliphatic heterocycles. The van der Waals surface area contributed by atoms with Crippen LogP contribution >= 0.6 is 45.2 Å². The molecule has 2 atom stereocenters. The summed E-state index contributed by atoms with van der Waals surface area (Å²) in [5.74, 6) is 0.995. The average molecular weight is 434 g/mol. The van der Waals surface area contributed by atoms with E-state index in [-0.39, 0.29) is 0 Å². The normalized spacial score (nSPS) is 31.4. The van der Waals surface area contributed by atoms with E-state index in [1.807, 2.05) is 0 Å². The van der Waals surface area contributed by atoms with Crippen LogP contribution < -0.4 is 0 Å². The zero-order valence-corrected chi connectivity index (χ0v) is 14.6. The van der Waals surface area contributed by atoms with Crippen molar-refractivity contribution in [3.05, 3.63) is 0 Å². The summed E-state index contributed by atoms with van der Waals surface area (Å²) >= 11 is 5.18. The highest BCUT2D eigenvalue weighted by Crippen LogP contribution is 2.61. The monoisotopic (exact) mass is 434 g/mol. The molecule has 1 saturated carbocycles. The van der Waals surface area contributed by atoms with E-state index < -0.39 is 0 Å². The van der Waals surface area contributed by atoms with Crippen molar-refractivity contribution in [1.82, 2.24) is 0 Å². The van der Waals surface area contributed by atoms with Gasteiger partial charge in [0.1, 0.15) is 0 Å². The lowest BCUT2D eigenvalue weighted by Crippen LogP contribution is -2.52. The predicted molar refractivity (Wildman–Crippen MR) is 86.2 cm³/mol. The van der Waals surface area contributed by atoms with Gasteiger partial charge in [-0.3, -0.25) is 0 Å². The standard InChI is InChI=1S/C13H24I2/c1-4-5-7-13(12(2,3)10-15)8-6-11(13)9-14/h11H,4-10H2,1-3H3. The molecule has 0 aromatic rings. The van der Waals surface area contributed by atoms with Gasteiger partial charge in [0.15, 0.2) is 0 Å². The van der Waals surface area contributed by atoms with Crippen LogP contribution in [0.3, 0.4) is 0 Å². The molecule has 90 valence electrons. The Kier molecular flexibility index (Phi) is 5.69. The Labute approximate surface area is 123 Å². The summed E-state index contributed by atoms with van der Waals surface area (Å²) in [5.41, 5.74) is 1.21. The summed E-state index contributed by atoms with van der Waals surface area (Å²) in [6.07, 6.45) is 7.21. The zero-order valence-electron chi connectivity index (χ0n) is 10.3. The highest BCUT2D eigenvalue weighted by molar-refractivity contribution is 14.1. The summed E-state index contributed by atoms with van der Waals surface area (Å²) < 4.78 is 2.67. The van der Waals surface area contributed by atoms with E-state index >= 15 is 0 Å². The Balaban J connectivity index is 2.77. The van der Waals surface area contributed by atoms with E-state index in [9.17, 15) is 0 Å². The molecule has 15 heavy (non-hydrogen) atoms. The molecule has 0 nitrogen and oxygen atoms in total. The SMILES string of the molecule is CCCCC1(C(C)(C)CI)CCC1CI. The van der Waals surface area contributed by atoms with Gasteiger partial charge in [0.25, 0.3) is 0 Å². The summed E-state index contributed by atoms with van der Waals surface area (Å²) in [6, 6.07) is 0. The topological polar surface area (TPSA) is 0 Å². The maximum Gasteiger partial charge on any atom is 0.00521 e. The second kappa shape index (κ2) is 5.87. The number of alkyl halides is 2. The fraction of sp³-hybridized carbons (Fsp3) is 1.00. The van der Waals surface area contributed by atoms with E-state index in [1.54, 1.807) is 0 Å². The summed E-state index contributed by atoms with van der Waals surface area (Å²) in [4.78, 5) is 0. The third-order valence-electron chi connectivity index (χ3n) is 4.57. The molecule has 0 amide bonds. The van der Waals surface area contributed by atoms with Crippen molar-refractivity contribution in [2.45, 2.75) is 52.9 Å². The van der Waals surface area contributed by atoms with Crippen molar-refractivity contribution in [2.24, 2.45) is 16.7 Å². The van der Waals surface area contributed by atoms with Crippen LogP contribution in [0.2, 0.25) is 0 Å². The van der Waals surface area contributed by atoms with Gasteiger partial charge >= 0.3 is 0 Å². The molecule has 1 aliphatic rings. The minimum absolute atomic E-state index is 0.539. The maximum absolute atomic E-state index is 2.60. The van der Waals surface area contributed by atoms with Gasteiger partial charge < -0.3 is 0 Å². The van der Waals surface area contributed by atoms with Gasteiger partial charge in [-0.2, -0.15) is 0 Å². The van der Waals surface area contributed by atoms with Gasteiger partial charge in [-0.15, -0.1) is 0 Å². The van der Waals surface area contributed by atoms with Crippen LogP contribution in [0.25, 0.3) is 0 Å². The highest BCUT2D eigenvalue weighted by atomic mass is 127. The van der Waals surface area contributed by atoms with E-state index in [1.165, 1.54) is 41.0 Å². The van der Waals surface area contributed by atoms with Gasteiger partial charge in [0, 0.05) is 8.86 Å². The Morgan fingerprint density at radius 1 is 1.33 bits per heavy atom. The molecular formula is C13H24I2. The second-order valence-electron chi connectivity index (χ2n) is 5.67. The molecule has 1 aliphatic carbocycles. The first-order valence-electron chi connectivity index (χ1n) is 6.16. The molecule has 0 heterocycles. The van der Waals surface area contributed by atoms with Crippen LogP contribution in [0.15, 0.2) is 0 Å². The van der Waals surface area contributed by atoms with Crippen molar-refractivity contribution in [3.8, 4) is 0 Å². The number of halogens is 2. The van der Waals surface area contributed by atoms with Crippen LogP contribution in [0, 0.1) is 16.7 Å². The van der Waals surface area contributed by atoms with Crippen molar-refractivity contribution in [3.63, 3.8) is 0 Å². The van der Waals surface area contributed by atoms with Gasteiger partial charge in [-0.1, -0.05) is 78.8 Å². The zero-order chi connectivity index (χ0) is 11.5. The van der Waals surface area contributed by atoms with Gasteiger partial charge in [0.05, 0.1) is 0 Å². The molecule has 2 heteroatoms. The lowest BCUT2D eigenvalue weighted by Gasteiger charge is -2.59. The lowest BCUT2D eigenvalue weighted by molar-refractivity contribution is -0.0653. The smallest absolute Gasteiger partial charge is 0.00521 e. The first-order valence-corrected chi connectivity index (χ1v) is 9.21. The van der Waals surface area contributed by atoms with Gasteiger partial charge in [0.2, 0.25) is 0 Å². The van der Waals surface area contributed by atoms with Crippen LogP contribution in [-0.4, -0.2) is 8.86 Å². The van der Waals surface area contributed by atoms with Gasteiger partial charge in [-0.25, -0.2) is 0 Å². The number of unbranched alkanes of at least 4 members (excludes halogenated alkanes) is 1. The Hall–Kier alpha value is 1.46. The Bertz CT molecular complexity index is 199. The van der Waals surface area contributed by atoms with E-state index in [0.717, 1.165) is 5.92 Å². The van der Waals surface area contributed by atoms with Crippen LogP contribution in [0.4, 0.5) is 0 Å². The highest BCUT2D eigenvalue weighted by Gasteiger charge is 2.53. The minimum atomic E-state index is 0.539. The van der Waals surface area contributed by atoms with Crippen LogP contribution in [0.1, 0.15) is 52.9 Å². The number of hydrogen-bond donors (Lipinski definition) is 0.